The summed E-state index contributed by atoms with van der Waals surface area (Å²) in [5, 5.41) is 0. The summed E-state index contributed by atoms with van der Waals surface area (Å²) >= 11 is 0. The molecule has 1 rings (SSSR count). The molecule has 0 aliphatic carbocycles. The summed E-state index contributed by atoms with van der Waals surface area (Å²) in [7, 11) is 0. The molecule has 1 aliphatic rings. The predicted octanol–water partition coefficient (Wildman–Crippen LogP) is 2.68. The quantitative estimate of drug-likeness (QED) is 0.504. The van der Waals surface area contributed by atoms with E-state index in [2.05, 4.69) is 44.8 Å². The van der Waals surface area contributed by atoms with Gasteiger partial charge >= 0.3 is 0 Å². The standard InChI is InChI=1S/C10H17N/c1-8-5-6-9(7-11-8)10(2,3)4/h5-6,9H,7H2,1-4H3. The molecule has 1 nitrogen and oxygen atoms in total. The van der Waals surface area contributed by atoms with Crippen LogP contribution in [0.1, 0.15) is 27.7 Å². The Kier molecular flexibility index (Phi) is 2.17. The minimum Gasteiger partial charge on any atom is -0.289 e. The van der Waals surface area contributed by atoms with Crippen LogP contribution in [0.4, 0.5) is 0 Å². The fourth-order valence-electron chi connectivity index (χ4n) is 1.17. The van der Waals surface area contributed by atoms with E-state index in [0.717, 1.165) is 12.3 Å². The molecule has 0 radical (unpaired) electrons. The van der Waals surface area contributed by atoms with Crippen LogP contribution >= 0.6 is 0 Å². The van der Waals surface area contributed by atoms with E-state index in [1.807, 2.05) is 0 Å². The first-order valence-corrected chi connectivity index (χ1v) is 4.19. The lowest BCUT2D eigenvalue weighted by atomic mass is 9.80. The van der Waals surface area contributed by atoms with Crippen molar-refractivity contribution in [2.45, 2.75) is 27.7 Å². The first kappa shape index (κ1) is 8.51. The second-order valence-electron chi connectivity index (χ2n) is 4.31. The third-order valence-electron chi connectivity index (χ3n) is 2.22. The lowest BCUT2D eigenvalue weighted by molar-refractivity contribution is 0.299. The summed E-state index contributed by atoms with van der Waals surface area (Å²) in [6.07, 6.45) is 4.40. The molecule has 1 heteroatoms. The summed E-state index contributed by atoms with van der Waals surface area (Å²) in [6, 6.07) is 0. The topological polar surface area (TPSA) is 12.4 Å². The molecule has 1 unspecified atom stereocenters. The van der Waals surface area contributed by atoms with Gasteiger partial charge in [0.05, 0.1) is 0 Å². The van der Waals surface area contributed by atoms with Crippen molar-refractivity contribution in [3.8, 4) is 0 Å². The Morgan fingerprint density at radius 2 is 2.09 bits per heavy atom. The van der Waals surface area contributed by atoms with E-state index in [1.165, 1.54) is 0 Å². The first-order valence-electron chi connectivity index (χ1n) is 4.19. The molecule has 0 bridgehead atoms. The Morgan fingerprint density at radius 3 is 2.45 bits per heavy atom. The van der Waals surface area contributed by atoms with Crippen molar-refractivity contribution in [1.82, 2.24) is 0 Å². The van der Waals surface area contributed by atoms with Crippen LogP contribution in [0.15, 0.2) is 17.1 Å². The molecule has 1 aliphatic heterocycles. The molecule has 0 saturated carbocycles. The van der Waals surface area contributed by atoms with Gasteiger partial charge in [0.1, 0.15) is 0 Å². The van der Waals surface area contributed by atoms with Crippen LogP contribution in [0.3, 0.4) is 0 Å². The van der Waals surface area contributed by atoms with Crippen molar-refractivity contribution in [2.24, 2.45) is 16.3 Å². The van der Waals surface area contributed by atoms with Crippen LogP contribution in [0.25, 0.3) is 0 Å². The van der Waals surface area contributed by atoms with E-state index in [-0.39, 0.29) is 0 Å². The Bertz CT molecular complexity index is 193. The summed E-state index contributed by atoms with van der Waals surface area (Å²) in [4.78, 5) is 4.41. The van der Waals surface area contributed by atoms with Gasteiger partial charge in [0.2, 0.25) is 0 Å². The maximum atomic E-state index is 4.41. The van der Waals surface area contributed by atoms with Crippen LogP contribution in [0.5, 0.6) is 0 Å². The van der Waals surface area contributed by atoms with Crippen LogP contribution in [0.2, 0.25) is 0 Å². The highest BCUT2D eigenvalue weighted by molar-refractivity contribution is 5.93. The van der Waals surface area contributed by atoms with Gasteiger partial charge in [-0.15, -0.1) is 0 Å². The van der Waals surface area contributed by atoms with Crippen molar-refractivity contribution < 1.29 is 0 Å². The van der Waals surface area contributed by atoms with E-state index >= 15 is 0 Å². The average Bonchev–Trinajstić information content (AvgIpc) is 1.86. The average molecular weight is 151 g/mol. The van der Waals surface area contributed by atoms with Crippen LogP contribution < -0.4 is 0 Å². The predicted molar refractivity (Wildman–Crippen MR) is 50.1 cm³/mol. The fraction of sp³-hybridized carbons (Fsp3) is 0.700. The second-order valence-corrected chi connectivity index (χ2v) is 4.31. The third kappa shape index (κ3) is 2.18. The van der Waals surface area contributed by atoms with Crippen molar-refractivity contribution >= 4 is 5.71 Å². The monoisotopic (exact) mass is 151 g/mol. The zero-order valence-electron chi connectivity index (χ0n) is 7.89. The Hall–Kier alpha value is -0.590. The SMILES string of the molecule is CC1=NCC(C(C)(C)C)C=C1. The van der Waals surface area contributed by atoms with Crippen molar-refractivity contribution in [3.05, 3.63) is 12.2 Å². The highest BCUT2D eigenvalue weighted by atomic mass is 14.7. The van der Waals surface area contributed by atoms with Crippen LogP contribution in [-0.4, -0.2) is 12.3 Å². The molecule has 0 spiro atoms. The smallest absolute Gasteiger partial charge is 0.0460 e. The molecule has 1 heterocycles. The van der Waals surface area contributed by atoms with Crippen LogP contribution in [0, 0.1) is 11.3 Å². The number of hydrogen-bond donors (Lipinski definition) is 0. The van der Waals surface area contributed by atoms with E-state index in [9.17, 15) is 0 Å². The van der Waals surface area contributed by atoms with Gasteiger partial charge in [0, 0.05) is 18.2 Å². The van der Waals surface area contributed by atoms with E-state index in [0.29, 0.717) is 11.3 Å². The molecule has 62 valence electrons. The molecule has 1 atom stereocenters. The van der Waals surface area contributed by atoms with Crippen LogP contribution in [-0.2, 0) is 0 Å². The highest BCUT2D eigenvalue weighted by Gasteiger charge is 2.22. The maximum absolute atomic E-state index is 4.41. The zero-order valence-corrected chi connectivity index (χ0v) is 7.89. The van der Waals surface area contributed by atoms with Crippen molar-refractivity contribution in [1.29, 1.82) is 0 Å². The van der Waals surface area contributed by atoms with Gasteiger partial charge in [-0.25, -0.2) is 0 Å². The molecule has 0 saturated heterocycles. The van der Waals surface area contributed by atoms with Crippen molar-refractivity contribution in [2.75, 3.05) is 6.54 Å². The molecular formula is C10H17N. The van der Waals surface area contributed by atoms with E-state index in [4.69, 9.17) is 0 Å². The number of allylic oxidation sites excluding steroid dienone is 1. The fourth-order valence-corrected chi connectivity index (χ4v) is 1.17. The van der Waals surface area contributed by atoms with E-state index in [1.54, 1.807) is 0 Å². The number of nitrogens with zero attached hydrogens (tertiary/aromatic N) is 1. The molecule has 0 aromatic rings. The number of hydrogen-bond acceptors (Lipinski definition) is 1. The number of dihydropyridines is 1. The van der Waals surface area contributed by atoms with Gasteiger partial charge in [-0.1, -0.05) is 26.8 Å². The molecule has 0 fully saturated rings. The maximum Gasteiger partial charge on any atom is 0.0460 e. The van der Waals surface area contributed by atoms with Gasteiger partial charge < -0.3 is 0 Å². The molecule has 0 aromatic heterocycles. The summed E-state index contributed by atoms with van der Waals surface area (Å²) in [5.74, 6) is 0.617. The third-order valence-corrected chi connectivity index (χ3v) is 2.22. The van der Waals surface area contributed by atoms with Gasteiger partial charge in [0.25, 0.3) is 0 Å². The lowest BCUT2D eigenvalue weighted by Crippen LogP contribution is -2.23. The highest BCUT2D eigenvalue weighted by Crippen LogP contribution is 2.28. The molecule has 0 aromatic carbocycles. The second kappa shape index (κ2) is 2.80. The summed E-state index contributed by atoms with van der Waals surface area (Å²) in [5.41, 5.74) is 1.52. The first-order chi connectivity index (χ1) is 5.00. The molecule has 0 amide bonds. The minimum atomic E-state index is 0.362. The van der Waals surface area contributed by atoms with Gasteiger partial charge in [0.15, 0.2) is 0 Å². The summed E-state index contributed by atoms with van der Waals surface area (Å²) < 4.78 is 0. The van der Waals surface area contributed by atoms with Gasteiger partial charge in [-0.3, -0.25) is 4.99 Å². The van der Waals surface area contributed by atoms with Gasteiger partial charge in [-0.2, -0.15) is 0 Å². The number of rotatable bonds is 0. The Balaban J connectivity index is 2.63. The van der Waals surface area contributed by atoms with E-state index < -0.39 is 0 Å². The molecule has 0 N–H and O–H groups in total. The Labute approximate surface area is 69.2 Å². The lowest BCUT2D eigenvalue weighted by Gasteiger charge is -2.28. The largest absolute Gasteiger partial charge is 0.289 e. The minimum absolute atomic E-state index is 0.362. The zero-order chi connectivity index (χ0) is 8.48. The Morgan fingerprint density at radius 1 is 1.45 bits per heavy atom. The summed E-state index contributed by atoms with van der Waals surface area (Å²) in [6.45, 7) is 9.80. The van der Waals surface area contributed by atoms with Gasteiger partial charge in [-0.05, 0) is 18.4 Å². The molecular weight excluding hydrogens is 134 g/mol. The molecule has 11 heavy (non-hydrogen) atoms. The van der Waals surface area contributed by atoms with Crippen molar-refractivity contribution in [3.63, 3.8) is 0 Å². The normalized spacial score (nSPS) is 25.1. The number of aliphatic imine (C=N–C) groups is 1.